The van der Waals surface area contributed by atoms with Crippen molar-refractivity contribution in [3.05, 3.63) is 21.9 Å². The van der Waals surface area contributed by atoms with Gasteiger partial charge in [0.05, 0.1) is 17.2 Å². The molecule has 0 aromatic carbocycles. The first-order valence-corrected chi connectivity index (χ1v) is 8.17. The molecule has 3 nitrogen and oxygen atoms in total. The SMILES string of the molecule is Cc1ccc(C(C(C)N)N2CC(C)(C)OC(C)(C)C2)s1. The van der Waals surface area contributed by atoms with Gasteiger partial charge in [0, 0.05) is 28.9 Å². The molecular formula is C16H28N2OS. The van der Waals surface area contributed by atoms with Crippen LogP contribution in [0.1, 0.15) is 50.4 Å². The maximum absolute atomic E-state index is 6.31. The Labute approximate surface area is 127 Å². The van der Waals surface area contributed by atoms with E-state index in [9.17, 15) is 0 Å². The number of aryl methyl sites for hydroxylation is 1. The molecule has 1 fully saturated rings. The summed E-state index contributed by atoms with van der Waals surface area (Å²) in [7, 11) is 0. The number of nitrogens with zero attached hydrogens (tertiary/aromatic N) is 1. The average Bonchev–Trinajstić information content (AvgIpc) is 2.59. The van der Waals surface area contributed by atoms with Gasteiger partial charge >= 0.3 is 0 Å². The quantitative estimate of drug-likeness (QED) is 0.930. The minimum Gasteiger partial charge on any atom is -0.367 e. The minimum atomic E-state index is -0.138. The third-order valence-corrected chi connectivity index (χ3v) is 4.74. The third kappa shape index (κ3) is 3.61. The molecule has 2 heterocycles. The molecule has 20 heavy (non-hydrogen) atoms. The fourth-order valence-corrected chi connectivity index (χ4v) is 4.56. The molecular weight excluding hydrogens is 268 g/mol. The van der Waals surface area contributed by atoms with Gasteiger partial charge in [0.2, 0.25) is 0 Å². The largest absolute Gasteiger partial charge is 0.367 e. The van der Waals surface area contributed by atoms with Gasteiger partial charge in [0.1, 0.15) is 0 Å². The summed E-state index contributed by atoms with van der Waals surface area (Å²) in [4.78, 5) is 5.21. The first-order valence-electron chi connectivity index (χ1n) is 7.36. The Bertz CT molecular complexity index is 449. The van der Waals surface area contributed by atoms with E-state index in [-0.39, 0.29) is 23.3 Å². The summed E-state index contributed by atoms with van der Waals surface area (Å²) >= 11 is 1.86. The lowest BCUT2D eigenvalue weighted by molar-refractivity contribution is -0.189. The van der Waals surface area contributed by atoms with Crippen molar-refractivity contribution in [3.8, 4) is 0 Å². The van der Waals surface area contributed by atoms with Gasteiger partial charge in [-0.05, 0) is 53.7 Å². The minimum absolute atomic E-state index is 0.109. The molecule has 2 unspecified atom stereocenters. The predicted molar refractivity (Wildman–Crippen MR) is 86.3 cm³/mol. The molecule has 2 rings (SSSR count). The molecule has 0 saturated carbocycles. The maximum atomic E-state index is 6.31. The Morgan fingerprint density at radius 2 is 1.75 bits per heavy atom. The van der Waals surface area contributed by atoms with E-state index in [4.69, 9.17) is 10.5 Å². The molecule has 0 bridgehead atoms. The fourth-order valence-electron chi connectivity index (χ4n) is 3.43. The number of rotatable bonds is 3. The van der Waals surface area contributed by atoms with Crippen LogP contribution in [0.2, 0.25) is 0 Å². The number of nitrogens with two attached hydrogens (primary N) is 1. The van der Waals surface area contributed by atoms with Crippen molar-refractivity contribution < 1.29 is 4.74 Å². The van der Waals surface area contributed by atoms with Crippen molar-refractivity contribution >= 4 is 11.3 Å². The molecule has 0 radical (unpaired) electrons. The Balaban J connectivity index is 2.30. The van der Waals surface area contributed by atoms with Crippen molar-refractivity contribution in [1.82, 2.24) is 4.90 Å². The molecule has 1 aliphatic heterocycles. The zero-order chi connectivity index (χ0) is 15.1. The third-order valence-electron chi connectivity index (χ3n) is 3.66. The normalized spacial score (nSPS) is 25.4. The summed E-state index contributed by atoms with van der Waals surface area (Å²) in [6.45, 7) is 14.8. The van der Waals surface area contributed by atoms with Crippen LogP contribution in [0.15, 0.2) is 12.1 Å². The van der Waals surface area contributed by atoms with E-state index in [2.05, 4.69) is 58.6 Å². The fraction of sp³-hybridized carbons (Fsp3) is 0.750. The lowest BCUT2D eigenvalue weighted by Gasteiger charge is -2.50. The molecule has 4 heteroatoms. The van der Waals surface area contributed by atoms with E-state index in [0.29, 0.717) is 0 Å². The van der Waals surface area contributed by atoms with Crippen LogP contribution in [0.3, 0.4) is 0 Å². The summed E-state index contributed by atoms with van der Waals surface area (Å²) in [5, 5.41) is 0. The maximum Gasteiger partial charge on any atom is 0.0761 e. The summed E-state index contributed by atoms with van der Waals surface area (Å²) in [6.07, 6.45) is 0. The van der Waals surface area contributed by atoms with Crippen molar-refractivity contribution in [2.24, 2.45) is 5.73 Å². The van der Waals surface area contributed by atoms with Gasteiger partial charge in [0.15, 0.2) is 0 Å². The standard InChI is InChI=1S/C16H28N2OS/c1-11-7-8-13(20-11)14(12(2)17)18-9-15(3,4)19-16(5,6)10-18/h7-8,12,14H,9-10,17H2,1-6H3. The highest BCUT2D eigenvalue weighted by molar-refractivity contribution is 7.12. The Morgan fingerprint density at radius 1 is 1.20 bits per heavy atom. The highest BCUT2D eigenvalue weighted by Gasteiger charge is 2.41. The van der Waals surface area contributed by atoms with Gasteiger partial charge in [-0.3, -0.25) is 4.90 Å². The van der Waals surface area contributed by atoms with Crippen LogP contribution < -0.4 is 5.73 Å². The molecule has 1 aromatic rings. The Hall–Kier alpha value is -0.420. The zero-order valence-electron chi connectivity index (χ0n) is 13.6. The second kappa shape index (κ2) is 5.41. The molecule has 2 atom stereocenters. The highest BCUT2D eigenvalue weighted by Crippen LogP contribution is 2.36. The van der Waals surface area contributed by atoms with E-state index in [0.717, 1.165) is 13.1 Å². The first kappa shape index (κ1) is 16.0. The van der Waals surface area contributed by atoms with Gasteiger partial charge < -0.3 is 10.5 Å². The van der Waals surface area contributed by atoms with Crippen LogP contribution in [0, 0.1) is 6.92 Å². The monoisotopic (exact) mass is 296 g/mol. The average molecular weight is 296 g/mol. The van der Waals surface area contributed by atoms with Crippen LogP contribution in [-0.4, -0.2) is 35.2 Å². The topological polar surface area (TPSA) is 38.5 Å². The van der Waals surface area contributed by atoms with Crippen LogP contribution in [0.25, 0.3) is 0 Å². The summed E-state index contributed by atoms with van der Waals surface area (Å²) < 4.78 is 6.18. The van der Waals surface area contributed by atoms with Gasteiger partial charge in [0.25, 0.3) is 0 Å². The number of morpholine rings is 1. The van der Waals surface area contributed by atoms with Crippen LogP contribution >= 0.6 is 11.3 Å². The van der Waals surface area contributed by atoms with Gasteiger partial charge in [-0.15, -0.1) is 11.3 Å². The molecule has 0 spiro atoms. The molecule has 0 amide bonds. The molecule has 0 aliphatic carbocycles. The van der Waals surface area contributed by atoms with Crippen LogP contribution in [0.5, 0.6) is 0 Å². The molecule has 1 aromatic heterocycles. The van der Waals surface area contributed by atoms with E-state index < -0.39 is 0 Å². The second-order valence-corrected chi connectivity index (χ2v) is 8.60. The van der Waals surface area contributed by atoms with Gasteiger partial charge in [-0.1, -0.05) is 0 Å². The molecule has 114 valence electrons. The number of hydrogen-bond donors (Lipinski definition) is 1. The van der Waals surface area contributed by atoms with Crippen molar-refractivity contribution in [2.75, 3.05) is 13.1 Å². The molecule has 2 N–H and O–H groups in total. The lowest BCUT2D eigenvalue weighted by atomic mass is 9.95. The second-order valence-electron chi connectivity index (χ2n) is 7.28. The molecule has 1 aliphatic rings. The van der Waals surface area contributed by atoms with Gasteiger partial charge in [-0.2, -0.15) is 0 Å². The predicted octanol–water partition coefficient (Wildman–Crippen LogP) is 3.33. The number of hydrogen-bond acceptors (Lipinski definition) is 4. The van der Waals surface area contributed by atoms with E-state index in [1.54, 1.807) is 0 Å². The van der Waals surface area contributed by atoms with E-state index in [1.165, 1.54) is 9.75 Å². The number of ether oxygens (including phenoxy) is 1. The smallest absolute Gasteiger partial charge is 0.0761 e. The van der Waals surface area contributed by atoms with Crippen LogP contribution in [0.4, 0.5) is 0 Å². The zero-order valence-corrected chi connectivity index (χ0v) is 14.4. The summed E-state index contributed by atoms with van der Waals surface area (Å²) in [5.41, 5.74) is 6.03. The van der Waals surface area contributed by atoms with Crippen LogP contribution in [-0.2, 0) is 4.74 Å². The van der Waals surface area contributed by atoms with E-state index >= 15 is 0 Å². The molecule has 1 saturated heterocycles. The highest BCUT2D eigenvalue weighted by atomic mass is 32.1. The lowest BCUT2D eigenvalue weighted by Crippen LogP contribution is -2.59. The Kier molecular flexibility index (Phi) is 4.32. The summed E-state index contributed by atoms with van der Waals surface area (Å²) in [6, 6.07) is 4.80. The Morgan fingerprint density at radius 3 is 2.15 bits per heavy atom. The van der Waals surface area contributed by atoms with Crippen molar-refractivity contribution in [2.45, 2.75) is 64.8 Å². The van der Waals surface area contributed by atoms with E-state index in [1.807, 2.05) is 11.3 Å². The first-order chi connectivity index (χ1) is 9.10. The summed E-state index contributed by atoms with van der Waals surface area (Å²) in [5.74, 6) is 0. The number of thiophene rings is 1. The van der Waals surface area contributed by atoms with Crippen molar-refractivity contribution in [1.29, 1.82) is 0 Å². The van der Waals surface area contributed by atoms with Crippen molar-refractivity contribution in [3.63, 3.8) is 0 Å². The van der Waals surface area contributed by atoms with Gasteiger partial charge in [-0.25, -0.2) is 0 Å².